The van der Waals surface area contributed by atoms with Gasteiger partial charge in [0, 0.05) is 23.2 Å². The molecule has 1 aliphatic rings. The van der Waals surface area contributed by atoms with Crippen LogP contribution in [0.5, 0.6) is 5.75 Å². The topological polar surface area (TPSA) is 54.1 Å². The van der Waals surface area contributed by atoms with Gasteiger partial charge in [0.05, 0.1) is 6.54 Å². The Hall–Kier alpha value is -2.75. The van der Waals surface area contributed by atoms with Crippen LogP contribution in [0.1, 0.15) is 18.5 Å². The smallest absolute Gasteiger partial charge is 0.223 e. The lowest BCUT2D eigenvalue weighted by molar-refractivity contribution is -0.122. The van der Waals surface area contributed by atoms with E-state index in [1.165, 1.54) is 0 Å². The van der Waals surface area contributed by atoms with Gasteiger partial charge in [-0.3, -0.25) is 4.79 Å². The molecule has 2 aromatic rings. The highest BCUT2D eigenvalue weighted by Gasteiger charge is 2.29. The van der Waals surface area contributed by atoms with Gasteiger partial charge in [-0.05, 0) is 42.0 Å². The van der Waals surface area contributed by atoms with Crippen molar-refractivity contribution < 1.29 is 9.53 Å². The van der Waals surface area contributed by atoms with Crippen LogP contribution in [0.4, 0.5) is 0 Å². The second kappa shape index (κ2) is 7.21. The van der Waals surface area contributed by atoms with Crippen molar-refractivity contribution in [3.05, 3.63) is 66.9 Å². The van der Waals surface area contributed by atoms with E-state index in [0.717, 1.165) is 40.8 Å². The van der Waals surface area contributed by atoms with Gasteiger partial charge in [-0.15, -0.1) is 0 Å². The summed E-state index contributed by atoms with van der Waals surface area (Å²) in [7, 11) is 0. The Morgan fingerprint density at radius 2 is 2.17 bits per heavy atom. The first-order valence-electron chi connectivity index (χ1n) is 8.16. The average molecular weight is 322 g/mol. The molecule has 1 amide bonds. The maximum Gasteiger partial charge on any atom is 0.223 e. The Morgan fingerprint density at radius 3 is 2.88 bits per heavy atom. The van der Waals surface area contributed by atoms with Gasteiger partial charge in [0.1, 0.15) is 12.4 Å². The van der Waals surface area contributed by atoms with E-state index in [4.69, 9.17) is 4.74 Å². The van der Waals surface area contributed by atoms with Crippen molar-refractivity contribution in [3.8, 4) is 5.75 Å². The Balaban J connectivity index is 1.64. The number of rotatable bonds is 8. The molecule has 124 valence electrons. The van der Waals surface area contributed by atoms with Gasteiger partial charge in [0.15, 0.2) is 0 Å². The molecule has 0 aliphatic heterocycles. The molecule has 2 N–H and O–H groups in total. The van der Waals surface area contributed by atoms with Crippen LogP contribution >= 0.6 is 0 Å². The van der Waals surface area contributed by atoms with Crippen molar-refractivity contribution >= 4 is 16.8 Å². The average Bonchev–Trinajstić information content (AvgIpc) is 3.36. The summed E-state index contributed by atoms with van der Waals surface area (Å²) in [5.74, 6) is 1.18. The minimum atomic E-state index is 0.156. The van der Waals surface area contributed by atoms with E-state index >= 15 is 0 Å². The summed E-state index contributed by atoms with van der Waals surface area (Å²) in [6, 6.07) is 7.98. The number of hydrogen-bond donors (Lipinski definition) is 2. The van der Waals surface area contributed by atoms with Crippen LogP contribution in [-0.2, 0) is 11.3 Å². The van der Waals surface area contributed by atoms with Crippen LogP contribution in [0, 0.1) is 5.92 Å². The number of ether oxygens (including phenoxy) is 1. The lowest BCUT2D eigenvalue weighted by atomic mass is 10.2. The molecule has 0 bridgehead atoms. The molecular weight excluding hydrogens is 300 g/mol. The van der Waals surface area contributed by atoms with E-state index < -0.39 is 0 Å². The highest BCUT2D eigenvalue weighted by atomic mass is 16.5. The molecule has 0 atom stereocenters. The van der Waals surface area contributed by atoms with Crippen LogP contribution in [0.15, 0.2) is 61.2 Å². The molecule has 0 unspecified atom stereocenters. The van der Waals surface area contributed by atoms with Gasteiger partial charge >= 0.3 is 0 Å². The van der Waals surface area contributed by atoms with E-state index in [0.29, 0.717) is 13.2 Å². The van der Waals surface area contributed by atoms with Gasteiger partial charge in [-0.1, -0.05) is 31.4 Å². The van der Waals surface area contributed by atoms with Crippen LogP contribution in [0.3, 0.4) is 0 Å². The van der Waals surface area contributed by atoms with Crippen molar-refractivity contribution in [2.45, 2.75) is 19.4 Å². The van der Waals surface area contributed by atoms with Gasteiger partial charge < -0.3 is 15.0 Å². The number of H-pyrrole nitrogens is 1. The lowest BCUT2D eigenvalue weighted by Crippen LogP contribution is -2.24. The predicted octanol–water partition coefficient (Wildman–Crippen LogP) is 3.87. The highest BCUT2D eigenvalue weighted by molar-refractivity contribution is 5.83. The molecule has 1 aliphatic carbocycles. The number of carbonyl (C=O) groups excluding carboxylic acids is 1. The zero-order valence-electron chi connectivity index (χ0n) is 13.7. The molecule has 0 radical (unpaired) electrons. The molecular formula is C20H22N2O2. The molecule has 1 aromatic heterocycles. The molecule has 1 aromatic carbocycles. The molecule has 1 saturated carbocycles. The Bertz CT molecular complexity index is 797. The maximum atomic E-state index is 11.7. The first kappa shape index (κ1) is 16.1. The second-order valence-corrected chi connectivity index (χ2v) is 6.01. The number of hydrogen-bond acceptors (Lipinski definition) is 2. The maximum absolute atomic E-state index is 11.7. The molecule has 4 heteroatoms. The molecule has 0 spiro atoms. The Kier molecular flexibility index (Phi) is 4.85. The molecule has 3 rings (SSSR count). The van der Waals surface area contributed by atoms with Crippen LogP contribution in [0.2, 0.25) is 0 Å². The van der Waals surface area contributed by atoms with Gasteiger partial charge in [-0.2, -0.15) is 0 Å². The number of allylic oxidation sites excluding steroid dienone is 2. The second-order valence-electron chi connectivity index (χ2n) is 6.01. The minimum absolute atomic E-state index is 0.156. The van der Waals surface area contributed by atoms with Crippen molar-refractivity contribution in [3.63, 3.8) is 0 Å². The van der Waals surface area contributed by atoms with Crippen molar-refractivity contribution in [1.29, 1.82) is 0 Å². The van der Waals surface area contributed by atoms with Gasteiger partial charge in [0.2, 0.25) is 5.91 Å². The molecule has 0 saturated heterocycles. The van der Waals surface area contributed by atoms with Crippen molar-refractivity contribution in [1.82, 2.24) is 10.3 Å². The Morgan fingerprint density at radius 1 is 1.33 bits per heavy atom. The lowest BCUT2D eigenvalue weighted by Gasteiger charge is -2.06. The first-order valence-corrected chi connectivity index (χ1v) is 8.16. The summed E-state index contributed by atoms with van der Waals surface area (Å²) in [5, 5.41) is 4.07. The summed E-state index contributed by atoms with van der Waals surface area (Å²) in [4.78, 5) is 15.0. The third-order valence-electron chi connectivity index (χ3n) is 4.05. The quantitative estimate of drug-likeness (QED) is 0.725. The van der Waals surface area contributed by atoms with Crippen LogP contribution in [0.25, 0.3) is 10.9 Å². The van der Waals surface area contributed by atoms with E-state index in [-0.39, 0.29) is 11.8 Å². The normalized spacial score (nSPS) is 14.4. The molecule has 1 fully saturated rings. The fourth-order valence-electron chi connectivity index (χ4n) is 2.52. The zero-order valence-corrected chi connectivity index (χ0v) is 13.7. The third kappa shape index (κ3) is 3.96. The number of aromatic amines is 1. The number of amides is 1. The molecule has 4 nitrogen and oxygen atoms in total. The van der Waals surface area contributed by atoms with E-state index in [1.54, 1.807) is 12.2 Å². The third-order valence-corrected chi connectivity index (χ3v) is 4.05. The first-order chi connectivity index (χ1) is 11.7. The predicted molar refractivity (Wildman–Crippen MR) is 96.8 cm³/mol. The van der Waals surface area contributed by atoms with E-state index in [1.807, 2.05) is 24.3 Å². The summed E-state index contributed by atoms with van der Waals surface area (Å²) in [6.45, 7) is 8.42. The monoisotopic (exact) mass is 322 g/mol. The highest BCUT2D eigenvalue weighted by Crippen LogP contribution is 2.29. The molecule has 24 heavy (non-hydrogen) atoms. The van der Waals surface area contributed by atoms with Crippen molar-refractivity contribution in [2.75, 3.05) is 6.61 Å². The summed E-state index contributed by atoms with van der Waals surface area (Å²) < 4.78 is 5.79. The van der Waals surface area contributed by atoms with Gasteiger partial charge in [0.25, 0.3) is 0 Å². The van der Waals surface area contributed by atoms with Gasteiger partial charge in [-0.25, -0.2) is 0 Å². The van der Waals surface area contributed by atoms with E-state index in [9.17, 15) is 4.79 Å². The van der Waals surface area contributed by atoms with E-state index in [2.05, 4.69) is 29.5 Å². The summed E-state index contributed by atoms with van der Waals surface area (Å²) in [5.41, 5.74) is 2.96. The van der Waals surface area contributed by atoms with Crippen LogP contribution in [-0.4, -0.2) is 17.5 Å². The largest absolute Gasteiger partial charge is 0.489 e. The standard InChI is InChI=1S/C20H22N2O2/c1-3-5-14(4-2)13-24-18-9-8-16-10-17(22-19(16)11-18)12-21-20(23)15-6-7-15/h3-5,8-11,15,22H,1-2,6-7,12-13H2,(H,21,23)/b14-5+. The number of nitrogens with one attached hydrogen (secondary N) is 2. The number of aromatic nitrogens is 1. The summed E-state index contributed by atoms with van der Waals surface area (Å²) in [6.07, 6.45) is 7.39. The number of benzene rings is 1. The molecule has 1 heterocycles. The Labute approximate surface area is 141 Å². The SMILES string of the molecule is C=C/C=C(\C=C)COc1ccc2cc(CNC(=O)C3CC3)[nH]c2c1. The number of fused-ring (bicyclic) bond motifs is 1. The zero-order chi connectivity index (χ0) is 16.9. The number of carbonyl (C=O) groups is 1. The van der Waals surface area contributed by atoms with Crippen LogP contribution < -0.4 is 10.1 Å². The summed E-state index contributed by atoms with van der Waals surface area (Å²) >= 11 is 0. The minimum Gasteiger partial charge on any atom is -0.489 e. The fourth-order valence-corrected chi connectivity index (χ4v) is 2.52. The van der Waals surface area contributed by atoms with Crippen molar-refractivity contribution in [2.24, 2.45) is 5.92 Å². The fraction of sp³-hybridized carbons (Fsp3) is 0.250.